The SMILES string of the molecule is CC[C@H]1[C@@H](O)[C@@H]2[C@H](CC[C@]3(C)[C@@H]([C@H](C)COC(=O)NS(=O)(=O)c4ccc(O[C@H](C)CC)cc4)CC[C@@H]23)[C@@]2(C)CC[C@@H](O)C[C@@H]12. The number of benzene rings is 1. The molecule has 8 nitrogen and oxygen atoms in total. The van der Waals surface area contributed by atoms with Crippen LogP contribution in [0.2, 0.25) is 0 Å². The summed E-state index contributed by atoms with van der Waals surface area (Å²) in [4.78, 5) is 12.6. The number of aliphatic hydroxyl groups is 2. The zero-order chi connectivity index (χ0) is 32.0. The molecular weight excluding hydrogens is 578 g/mol. The van der Waals surface area contributed by atoms with Crippen LogP contribution < -0.4 is 9.46 Å². The normalized spacial score (nSPS) is 39.7. The van der Waals surface area contributed by atoms with E-state index in [9.17, 15) is 23.4 Å². The van der Waals surface area contributed by atoms with Crippen molar-refractivity contribution in [3.63, 3.8) is 0 Å². The first kappa shape index (κ1) is 33.5. The highest BCUT2D eigenvalue weighted by Crippen LogP contribution is 2.69. The van der Waals surface area contributed by atoms with Gasteiger partial charge in [0.25, 0.3) is 10.0 Å². The molecule has 0 saturated heterocycles. The van der Waals surface area contributed by atoms with E-state index in [1.807, 2.05) is 13.8 Å². The molecule has 0 aliphatic heterocycles. The Morgan fingerprint density at radius 1 is 0.977 bits per heavy atom. The number of carbonyl (C=O) groups is 1. The number of amides is 1. The van der Waals surface area contributed by atoms with Crippen LogP contribution in [0.3, 0.4) is 0 Å². The maximum Gasteiger partial charge on any atom is 0.421 e. The van der Waals surface area contributed by atoms with Crippen LogP contribution in [0.5, 0.6) is 5.75 Å². The predicted octanol–water partition coefficient (Wildman–Crippen LogP) is 6.54. The van der Waals surface area contributed by atoms with Crippen LogP contribution >= 0.6 is 0 Å². The van der Waals surface area contributed by atoms with E-state index in [1.165, 1.54) is 12.1 Å². The number of aliphatic hydroxyl groups excluding tert-OH is 2. The number of rotatable bonds is 9. The van der Waals surface area contributed by atoms with E-state index in [-0.39, 0.29) is 58.4 Å². The fourth-order valence-electron chi connectivity index (χ4n) is 10.5. The fourth-order valence-corrected chi connectivity index (χ4v) is 11.4. The number of nitrogens with one attached hydrogen (secondary N) is 1. The van der Waals surface area contributed by atoms with Gasteiger partial charge in [0.15, 0.2) is 0 Å². The summed E-state index contributed by atoms with van der Waals surface area (Å²) in [7, 11) is -4.08. The monoisotopic (exact) mass is 633 g/mol. The lowest BCUT2D eigenvalue weighted by atomic mass is 9.41. The second-order valence-electron chi connectivity index (χ2n) is 15.1. The summed E-state index contributed by atoms with van der Waals surface area (Å²) in [6.45, 7) is 13.2. The molecule has 9 heteroatoms. The molecule has 1 aromatic rings. The second-order valence-corrected chi connectivity index (χ2v) is 16.8. The Kier molecular flexibility index (Phi) is 9.71. The highest BCUT2D eigenvalue weighted by Gasteiger charge is 2.64. The van der Waals surface area contributed by atoms with Crippen LogP contribution in [0, 0.1) is 52.3 Å². The molecule has 12 atom stereocenters. The Morgan fingerprint density at radius 2 is 1.64 bits per heavy atom. The molecule has 4 fully saturated rings. The van der Waals surface area contributed by atoms with Gasteiger partial charge in [-0.2, -0.15) is 0 Å². The molecular formula is C35H55NO7S. The van der Waals surface area contributed by atoms with Gasteiger partial charge in [-0.05, 0) is 135 Å². The molecule has 5 rings (SSSR count). The summed E-state index contributed by atoms with van der Waals surface area (Å²) >= 11 is 0. The van der Waals surface area contributed by atoms with E-state index >= 15 is 0 Å². The predicted molar refractivity (Wildman–Crippen MR) is 169 cm³/mol. The third-order valence-electron chi connectivity index (χ3n) is 12.9. The molecule has 4 aliphatic rings. The van der Waals surface area contributed by atoms with Gasteiger partial charge in [0.1, 0.15) is 5.75 Å². The highest BCUT2D eigenvalue weighted by molar-refractivity contribution is 7.90. The van der Waals surface area contributed by atoms with Crippen molar-refractivity contribution in [1.82, 2.24) is 4.72 Å². The Labute approximate surface area is 264 Å². The molecule has 0 unspecified atom stereocenters. The lowest BCUT2D eigenvalue weighted by molar-refractivity contribution is -0.203. The minimum absolute atomic E-state index is 0.0171. The van der Waals surface area contributed by atoms with Gasteiger partial charge in [0.05, 0.1) is 29.8 Å². The van der Waals surface area contributed by atoms with E-state index in [4.69, 9.17) is 9.47 Å². The lowest BCUT2D eigenvalue weighted by Gasteiger charge is -2.64. The van der Waals surface area contributed by atoms with Crippen LogP contribution in [-0.4, -0.2) is 49.6 Å². The lowest BCUT2D eigenvalue weighted by Crippen LogP contribution is -2.62. The van der Waals surface area contributed by atoms with Gasteiger partial charge in [0.2, 0.25) is 0 Å². The zero-order valence-electron chi connectivity index (χ0n) is 27.5. The zero-order valence-corrected chi connectivity index (χ0v) is 28.3. The molecule has 4 aliphatic carbocycles. The maximum atomic E-state index is 12.8. The minimum atomic E-state index is -4.08. The fraction of sp³-hybridized carbons (Fsp3) is 0.800. The van der Waals surface area contributed by atoms with Gasteiger partial charge in [-0.1, -0.05) is 41.0 Å². The van der Waals surface area contributed by atoms with E-state index in [2.05, 4.69) is 32.4 Å². The van der Waals surface area contributed by atoms with E-state index in [0.29, 0.717) is 29.4 Å². The molecule has 1 amide bonds. The van der Waals surface area contributed by atoms with Gasteiger partial charge in [-0.25, -0.2) is 17.9 Å². The van der Waals surface area contributed by atoms with Crippen LogP contribution in [0.1, 0.15) is 99.3 Å². The summed E-state index contributed by atoms with van der Waals surface area (Å²) in [6, 6.07) is 6.02. The second kappa shape index (κ2) is 12.7. The molecule has 248 valence electrons. The summed E-state index contributed by atoms with van der Waals surface area (Å²) < 4.78 is 39.0. The average Bonchev–Trinajstić information content (AvgIpc) is 3.34. The number of ether oxygens (including phenoxy) is 2. The Morgan fingerprint density at radius 3 is 2.30 bits per heavy atom. The number of fused-ring (bicyclic) bond motifs is 5. The molecule has 4 saturated carbocycles. The summed E-state index contributed by atoms with van der Waals surface area (Å²) in [6.07, 6.45) is 7.16. The Bertz CT molecular complexity index is 1270. The molecule has 0 heterocycles. The molecule has 44 heavy (non-hydrogen) atoms. The van der Waals surface area contributed by atoms with Crippen LogP contribution in [0.25, 0.3) is 0 Å². The van der Waals surface area contributed by atoms with Crippen molar-refractivity contribution in [3.05, 3.63) is 24.3 Å². The smallest absolute Gasteiger partial charge is 0.421 e. The van der Waals surface area contributed by atoms with Crippen LogP contribution in [0.4, 0.5) is 4.79 Å². The van der Waals surface area contributed by atoms with Crippen molar-refractivity contribution in [2.75, 3.05) is 6.61 Å². The Balaban J connectivity index is 1.22. The van der Waals surface area contributed by atoms with Crippen molar-refractivity contribution in [1.29, 1.82) is 0 Å². The summed E-state index contributed by atoms with van der Waals surface area (Å²) in [5, 5.41) is 22.4. The van der Waals surface area contributed by atoms with Crippen molar-refractivity contribution in [3.8, 4) is 5.75 Å². The van der Waals surface area contributed by atoms with Gasteiger partial charge >= 0.3 is 6.09 Å². The molecule has 0 bridgehead atoms. The molecule has 0 spiro atoms. The maximum absolute atomic E-state index is 12.8. The van der Waals surface area contributed by atoms with Gasteiger partial charge < -0.3 is 19.7 Å². The van der Waals surface area contributed by atoms with Crippen molar-refractivity contribution in [2.24, 2.45) is 52.3 Å². The van der Waals surface area contributed by atoms with E-state index in [1.54, 1.807) is 12.1 Å². The van der Waals surface area contributed by atoms with Crippen molar-refractivity contribution >= 4 is 16.1 Å². The molecule has 1 aromatic carbocycles. The van der Waals surface area contributed by atoms with Crippen molar-refractivity contribution < 1.29 is 32.9 Å². The molecule has 3 N–H and O–H groups in total. The standard InChI is InChI=1S/C35H55NO7S/c1-7-22(4)43-24-9-11-25(12-10-24)44(40,41)36-33(39)42-20-21(3)27-13-14-28-31-29(16-18-34(27,28)5)35(6)17-15-23(37)19-30(35)26(8-2)32(31)38/h9-12,21-23,26-32,37-38H,7-8,13-20H2,1-6H3,(H,36,39)/t21-,22-,23-,26-,27-,28+,29+,30+,31+,32-,34-,35-/m1/s1. The van der Waals surface area contributed by atoms with Gasteiger partial charge in [-0.3, -0.25) is 0 Å². The summed E-state index contributed by atoms with van der Waals surface area (Å²) in [5.41, 5.74) is 0.186. The number of carbonyl (C=O) groups excluding carboxylic acids is 1. The topological polar surface area (TPSA) is 122 Å². The van der Waals surface area contributed by atoms with E-state index < -0.39 is 16.1 Å². The third kappa shape index (κ3) is 6.02. The van der Waals surface area contributed by atoms with Gasteiger partial charge in [0, 0.05) is 0 Å². The number of sulfonamides is 1. The average molecular weight is 634 g/mol. The molecule has 0 radical (unpaired) electrons. The number of hydrogen-bond acceptors (Lipinski definition) is 7. The minimum Gasteiger partial charge on any atom is -0.491 e. The first-order valence-corrected chi connectivity index (χ1v) is 18.6. The third-order valence-corrected chi connectivity index (χ3v) is 14.2. The number of hydrogen-bond donors (Lipinski definition) is 3. The molecule has 0 aromatic heterocycles. The van der Waals surface area contributed by atoms with Crippen LogP contribution in [0.15, 0.2) is 29.2 Å². The first-order valence-electron chi connectivity index (χ1n) is 17.1. The van der Waals surface area contributed by atoms with Gasteiger partial charge in [-0.15, -0.1) is 0 Å². The van der Waals surface area contributed by atoms with Crippen LogP contribution in [-0.2, 0) is 14.8 Å². The Hall–Kier alpha value is -1.84. The van der Waals surface area contributed by atoms with Crippen molar-refractivity contribution in [2.45, 2.75) is 123 Å². The summed E-state index contributed by atoms with van der Waals surface area (Å²) in [5.74, 6) is 2.66. The largest absolute Gasteiger partial charge is 0.491 e. The highest BCUT2D eigenvalue weighted by atomic mass is 32.2. The van der Waals surface area contributed by atoms with E-state index in [0.717, 1.165) is 57.8 Å². The first-order chi connectivity index (χ1) is 20.7. The quantitative estimate of drug-likeness (QED) is 0.282.